The lowest BCUT2D eigenvalue weighted by molar-refractivity contribution is 0.0364. The third-order valence-electron chi connectivity index (χ3n) is 1.46. The molecule has 1 amide bonds. The Morgan fingerprint density at radius 3 is 3.00 bits per heavy atom. The molecule has 0 aliphatic heterocycles. The molecule has 0 saturated carbocycles. The van der Waals surface area contributed by atoms with Gasteiger partial charge in [0.1, 0.15) is 0 Å². The summed E-state index contributed by atoms with van der Waals surface area (Å²) in [5.74, 6) is -0.283. The molecule has 0 saturated heterocycles. The van der Waals surface area contributed by atoms with Crippen LogP contribution in [0.25, 0.3) is 0 Å². The van der Waals surface area contributed by atoms with Crippen LogP contribution in [0.15, 0.2) is 24.3 Å². The Hall–Kier alpha value is -1.55. The van der Waals surface area contributed by atoms with Crippen molar-refractivity contribution < 1.29 is 9.63 Å². The maximum absolute atomic E-state index is 11.3. The molecule has 0 aromatic heterocycles. The fourth-order valence-corrected chi connectivity index (χ4v) is 0.877. The van der Waals surface area contributed by atoms with E-state index in [4.69, 9.17) is 10.6 Å². The molecule has 0 aliphatic carbocycles. The van der Waals surface area contributed by atoms with Crippen molar-refractivity contribution in [1.82, 2.24) is 5.48 Å². The first-order chi connectivity index (χ1) is 6.24. The van der Waals surface area contributed by atoms with Gasteiger partial charge in [-0.3, -0.25) is 9.63 Å². The zero-order chi connectivity index (χ0) is 9.68. The Balaban J connectivity index is 2.66. The monoisotopic (exact) mass is 180 g/mol. The average molecular weight is 180 g/mol. The third kappa shape index (κ3) is 2.76. The highest BCUT2D eigenvalue weighted by Gasteiger charge is 2.03. The normalized spacial score (nSPS) is 9.62. The van der Waals surface area contributed by atoms with Gasteiger partial charge in [-0.25, -0.2) is 5.48 Å². The molecule has 0 atom stereocenters. The number of anilines is 1. The van der Waals surface area contributed by atoms with Crippen LogP contribution in [-0.4, -0.2) is 12.5 Å². The first-order valence-electron chi connectivity index (χ1n) is 4.01. The lowest BCUT2D eigenvalue weighted by atomic mass is 10.2. The molecule has 1 rings (SSSR count). The molecule has 0 heterocycles. The zero-order valence-electron chi connectivity index (χ0n) is 7.41. The van der Waals surface area contributed by atoms with E-state index in [1.54, 1.807) is 31.2 Å². The smallest absolute Gasteiger partial charge is 0.274 e. The minimum atomic E-state index is -0.283. The third-order valence-corrected chi connectivity index (χ3v) is 1.46. The van der Waals surface area contributed by atoms with Gasteiger partial charge in [0, 0.05) is 11.3 Å². The summed E-state index contributed by atoms with van der Waals surface area (Å²) in [5.41, 5.74) is 8.84. The average Bonchev–Trinajstić information content (AvgIpc) is 2.14. The van der Waals surface area contributed by atoms with Crippen molar-refractivity contribution in [3.05, 3.63) is 29.8 Å². The van der Waals surface area contributed by atoms with Crippen molar-refractivity contribution in [2.24, 2.45) is 0 Å². The minimum absolute atomic E-state index is 0.283. The summed E-state index contributed by atoms with van der Waals surface area (Å²) < 4.78 is 0. The molecule has 0 unspecified atom stereocenters. The Labute approximate surface area is 76.6 Å². The molecular formula is C9H12N2O2. The number of hydrogen-bond donors (Lipinski definition) is 2. The number of hydroxylamine groups is 1. The number of hydrogen-bond acceptors (Lipinski definition) is 3. The summed E-state index contributed by atoms with van der Waals surface area (Å²) in [6, 6.07) is 6.70. The van der Waals surface area contributed by atoms with Crippen LogP contribution in [0.1, 0.15) is 17.3 Å². The Kier molecular flexibility index (Phi) is 3.28. The van der Waals surface area contributed by atoms with E-state index in [1.165, 1.54) is 0 Å². The van der Waals surface area contributed by atoms with Gasteiger partial charge in [0.15, 0.2) is 0 Å². The Morgan fingerprint density at radius 2 is 2.38 bits per heavy atom. The Morgan fingerprint density at radius 1 is 1.62 bits per heavy atom. The van der Waals surface area contributed by atoms with Crippen LogP contribution in [0.3, 0.4) is 0 Å². The highest BCUT2D eigenvalue weighted by atomic mass is 16.6. The van der Waals surface area contributed by atoms with Gasteiger partial charge in [0.25, 0.3) is 5.91 Å². The largest absolute Gasteiger partial charge is 0.399 e. The number of carbonyl (C=O) groups is 1. The van der Waals surface area contributed by atoms with E-state index >= 15 is 0 Å². The highest BCUT2D eigenvalue weighted by Crippen LogP contribution is 2.05. The summed E-state index contributed by atoms with van der Waals surface area (Å²) in [5, 5.41) is 0. The summed E-state index contributed by atoms with van der Waals surface area (Å²) in [6.07, 6.45) is 0. The van der Waals surface area contributed by atoms with Gasteiger partial charge >= 0.3 is 0 Å². The number of benzene rings is 1. The van der Waals surface area contributed by atoms with Crippen LogP contribution in [0.5, 0.6) is 0 Å². The fourth-order valence-electron chi connectivity index (χ4n) is 0.877. The van der Waals surface area contributed by atoms with Crippen molar-refractivity contribution in [1.29, 1.82) is 0 Å². The van der Waals surface area contributed by atoms with Crippen molar-refractivity contribution in [2.75, 3.05) is 12.3 Å². The molecule has 0 radical (unpaired) electrons. The van der Waals surface area contributed by atoms with E-state index in [0.29, 0.717) is 17.9 Å². The highest BCUT2D eigenvalue weighted by molar-refractivity contribution is 5.94. The molecule has 4 heteroatoms. The van der Waals surface area contributed by atoms with E-state index < -0.39 is 0 Å². The predicted octanol–water partition coefficient (Wildman–Crippen LogP) is 0.950. The molecule has 0 bridgehead atoms. The molecule has 0 spiro atoms. The van der Waals surface area contributed by atoms with E-state index in [-0.39, 0.29) is 5.91 Å². The van der Waals surface area contributed by atoms with Crippen molar-refractivity contribution in [3.8, 4) is 0 Å². The van der Waals surface area contributed by atoms with Gasteiger partial charge in [-0.2, -0.15) is 0 Å². The van der Waals surface area contributed by atoms with Crippen LogP contribution in [0.2, 0.25) is 0 Å². The van der Waals surface area contributed by atoms with Gasteiger partial charge in [0.2, 0.25) is 0 Å². The van der Waals surface area contributed by atoms with E-state index in [0.717, 1.165) is 0 Å². The zero-order valence-corrected chi connectivity index (χ0v) is 7.41. The predicted molar refractivity (Wildman–Crippen MR) is 49.9 cm³/mol. The lowest BCUT2D eigenvalue weighted by Gasteiger charge is -2.03. The molecule has 3 N–H and O–H groups in total. The summed E-state index contributed by atoms with van der Waals surface area (Å²) >= 11 is 0. The summed E-state index contributed by atoms with van der Waals surface area (Å²) in [7, 11) is 0. The number of amides is 1. The second-order valence-electron chi connectivity index (χ2n) is 2.49. The number of rotatable bonds is 3. The van der Waals surface area contributed by atoms with Crippen LogP contribution in [0.4, 0.5) is 5.69 Å². The molecule has 0 aliphatic rings. The van der Waals surface area contributed by atoms with Gasteiger partial charge < -0.3 is 5.73 Å². The van der Waals surface area contributed by atoms with Gasteiger partial charge in [-0.15, -0.1) is 0 Å². The topological polar surface area (TPSA) is 64.3 Å². The molecule has 0 fully saturated rings. The standard InChI is InChI=1S/C9H12N2O2/c1-2-13-11-9(12)7-4-3-5-8(10)6-7/h3-6H,2,10H2,1H3,(H,11,12). The van der Waals surface area contributed by atoms with E-state index in [2.05, 4.69) is 5.48 Å². The molecule has 1 aromatic rings. The maximum Gasteiger partial charge on any atom is 0.274 e. The van der Waals surface area contributed by atoms with Crippen LogP contribution in [0, 0.1) is 0 Å². The van der Waals surface area contributed by atoms with Gasteiger partial charge in [-0.1, -0.05) is 6.07 Å². The number of nitrogens with two attached hydrogens (primary N) is 1. The fraction of sp³-hybridized carbons (Fsp3) is 0.222. The number of nitrogens with one attached hydrogen (secondary N) is 1. The van der Waals surface area contributed by atoms with Crippen molar-refractivity contribution in [2.45, 2.75) is 6.92 Å². The summed E-state index contributed by atoms with van der Waals surface area (Å²) in [6.45, 7) is 2.23. The molecule has 1 aromatic carbocycles. The lowest BCUT2D eigenvalue weighted by Crippen LogP contribution is -2.23. The molecular weight excluding hydrogens is 168 g/mol. The SMILES string of the molecule is CCONC(=O)c1cccc(N)c1. The van der Waals surface area contributed by atoms with Crippen molar-refractivity contribution in [3.63, 3.8) is 0 Å². The second-order valence-corrected chi connectivity index (χ2v) is 2.49. The first kappa shape index (κ1) is 9.54. The van der Waals surface area contributed by atoms with Crippen molar-refractivity contribution >= 4 is 11.6 Å². The molecule has 4 nitrogen and oxygen atoms in total. The van der Waals surface area contributed by atoms with Crippen LogP contribution >= 0.6 is 0 Å². The van der Waals surface area contributed by atoms with Crippen LogP contribution in [-0.2, 0) is 4.84 Å². The Bertz CT molecular complexity index is 299. The van der Waals surface area contributed by atoms with Crippen LogP contribution < -0.4 is 11.2 Å². The number of carbonyl (C=O) groups excluding carboxylic acids is 1. The van der Waals surface area contributed by atoms with E-state index in [9.17, 15) is 4.79 Å². The maximum atomic E-state index is 11.3. The molecule has 70 valence electrons. The molecule has 13 heavy (non-hydrogen) atoms. The first-order valence-corrected chi connectivity index (χ1v) is 4.01. The second kappa shape index (κ2) is 4.47. The quantitative estimate of drug-likeness (QED) is 0.537. The van der Waals surface area contributed by atoms with Gasteiger partial charge in [0.05, 0.1) is 6.61 Å². The van der Waals surface area contributed by atoms with Gasteiger partial charge in [-0.05, 0) is 25.1 Å². The minimum Gasteiger partial charge on any atom is -0.399 e. The number of nitrogen functional groups attached to an aromatic ring is 1. The summed E-state index contributed by atoms with van der Waals surface area (Å²) in [4.78, 5) is 16.0. The van der Waals surface area contributed by atoms with E-state index in [1.807, 2.05) is 0 Å².